The fourth-order valence-electron chi connectivity index (χ4n) is 1.32. The lowest BCUT2D eigenvalue weighted by molar-refractivity contribution is 0.121. The number of nitrogens with two attached hydrogens (primary N) is 1. The van der Waals surface area contributed by atoms with Crippen LogP contribution < -0.4 is 5.73 Å². The molecule has 1 heterocycles. The van der Waals surface area contributed by atoms with E-state index in [1.54, 1.807) is 4.68 Å². The summed E-state index contributed by atoms with van der Waals surface area (Å²) < 4.78 is 7.16. The largest absolute Gasteiger partial charge is 0.380 e. The van der Waals surface area contributed by atoms with Crippen molar-refractivity contribution < 1.29 is 4.74 Å². The van der Waals surface area contributed by atoms with Crippen molar-refractivity contribution in [3.63, 3.8) is 0 Å². The quantitative estimate of drug-likeness (QED) is 0.684. The molecule has 0 aromatic carbocycles. The van der Waals surface area contributed by atoms with Gasteiger partial charge in [0.25, 0.3) is 0 Å². The predicted octanol–water partition coefficient (Wildman–Crippen LogP) is 0.716. The van der Waals surface area contributed by atoms with Crippen LogP contribution in [0, 0.1) is 0 Å². The Morgan fingerprint density at radius 3 is 3.00 bits per heavy atom. The molecule has 2 N–H and O–H groups in total. The molecule has 0 saturated carbocycles. The Balaban J connectivity index is 2.23. The van der Waals surface area contributed by atoms with Crippen LogP contribution in [0.25, 0.3) is 0 Å². The van der Waals surface area contributed by atoms with Gasteiger partial charge in [0.1, 0.15) is 0 Å². The van der Waals surface area contributed by atoms with Gasteiger partial charge < -0.3 is 10.5 Å². The SMILES string of the molecule is CCCOCC(N)Cc1cnn(C)c1. The molecule has 1 aromatic heterocycles. The molecule has 0 saturated heterocycles. The minimum absolute atomic E-state index is 0.0748. The van der Waals surface area contributed by atoms with E-state index < -0.39 is 0 Å². The van der Waals surface area contributed by atoms with E-state index in [2.05, 4.69) is 12.0 Å². The summed E-state index contributed by atoms with van der Waals surface area (Å²) in [5, 5.41) is 4.09. The van der Waals surface area contributed by atoms with Gasteiger partial charge in [-0.2, -0.15) is 5.10 Å². The van der Waals surface area contributed by atoms with Crippen molar-refractivity contribution in [3.8, 4) is 0 Å². The van der Waals surface area contributed by atoms with Gasteiger partial charge in [-0.05, 0) is 18.4 Å². The van der Waals surface area contributed by atoms with Gasteiger partial charge in [-0.1, -0.05) is 6.92 Å². The smallest absolute Gasteiger partial charge is 0.0620 e. The van der Waals surface area contributed by atoms with Crippen LogP contribution in [0.1, 0.15) is 18.9 Å². The van der Waals surface area contributed by atoms with Crippen LogP contribution >= 0.6 is 0 Å². The Kier molecular flexibility index (Phi) is 4.62. The van der Waals surface area contributed by atoms with Gasteiger partial charge in [-0.15, -0.1) is 0 Å². The van der Waals surface area contributed by atoms with Crippen LogP contribution in [0.3, 0.4) is 0 Å². The average molecular weight is 197 g/mol. The first kappa shape index (κ1) is 11.2. The Bertz CT molecular complexity index is 260. The van der Waals surface area contributed by atoms with E-state index in [1.165, 1.54) is 5.56 Å². The van der Waals surface area contributed by atoms with Crippen LogP contribution in [-0.4, -0.2) is 29.0 Å². The molecule has 14 heavy (non-hydrogen) atoms. The second-order valence-electron chi connectivity index (χ2n) is 3.56. The molecule has 0 radical (unpaired) electrons. The average Bonchev–Trinajstić information content (AvgIpc) is 2.52. The van der Waals surface area contributed by atoms with E-state index in [9.17, 15) is 0 Å². The van der Waals surface area contributed by atoms with E-state index in [-0.39, 0.29) is 6.04 Å². The van der Waals surface area contributed by atoms with Crippen LogP contribution in [0.15, 0.2) is 12.4 Å². The molecule has 0 aliphatic rings. The number of nitrogens with zero attached hydrogens (tertiary/aromatic N) is 2. The highest BCUT2D eigenvalue weighted by Crippen LogP contribution is 2.00. The molecule has 80 valence electrons. The van der Waals surface area contributed by atoms with Crippen molar-refractivity contribution in [2.75, 3.05) is 13.2 Å². The lowest BCUT2D eigenvalue weighted by Crippen LogP contribution is -2.28. The van der Waals surface area contributed by atoms with E-state index in [4.69, 9.17) is 10.5 Å². The second-order valence-corrected chi connectivity index (χ2v) is 3.56. The summed E-state index contributed by atoms with van der Waals surface area (Å²) in [5.74, 6) is 0. The summed E-state index contributed by atoms with van der Waals surface area (Å²) >= 11 is 0. The topological polar surface area (TPSA) is 53.1 Å². The van der Waals surface area contributed by atoms with Gasteiger partial charge in [-0.25, -0.2) is 0 Å². The highest BCUT2D eigenvalue weighted by Gasteiger charge is 2.05. The number of aryl methyl sites for hydroxylation is 1. The number of hydrogen-bond donors (Lipinski definition) is 1. The van der Waals surface area contributed by atoms with E-state index in [0.29, 0.717) is 6.61 Å². The third-order valence-electron chi connectivity index (χ3n) is 1.94. The molecular weight excluding hydrogens is 178 g/mol. The lowest BCUT2D eigenvalue weighted by atomic mass is 10.1. The molecule has 1 aromatic rings. The molecule has 0 amide bonds. The zero-order chi connectivity index (χ0) is 10.4. The minimum atomic E-state index is 0.0748. The molecule has 1 unspecified atom stereocenters. The number of ether oxygens (including phenoxy) is 1. The minimum Gasteiger partial charge on any atom is -0.380 e. The summed E-state index contributed by atoms with van der Waals surface area (Å²) in [6.45, 7) is 3.51. The fraction of sp³-hybridized carbons (Fsp3) is 0.700. The normalized spacial score (nSPS) is 13.1. The highest BCUT2D eigenvalue weighted by atomic mass is 16.5. The zero-order valence-electron chi connectivity index (χ0n) is 8.94. The number of hydrogen-bond acceptors (Lipinski definition) is 3. The van der Waals surface area contributed by atoms with Crippen LogP contribution in [0.4, 0.5) is 0 Å². The maximum atomic E-state index is 5.89. The van der Waals surface area contributed by atoms with Gasteiger partial charge >= 0.3 is 0 Å². The third-order valence-corrected chi connectivity index (χ3v) is 1.94. The highest BCUT2D eigenvalue weighted by molar-refractivity contribution is 5.05. The molecule has 1 atom stereocenters. The molecule has 0 spiro atoms. The fourth-order valence-corrected chi connectivity index (χ4v) is 1.32. The van der Waals surface area contributed by atoms with Crippen molar-refractivity contribution in [2.24, 2.45) is 12.8 Å². The van der Waals surface area contributed by atoms with Gasteiger partial charge in [0.05, 0.1) is 12.8 Å². The summed E-state index contributed by atoms with van der Waals surface area (Å²) in [6.07, 6.45) is 5.70. The maximum absolute atomic E-state index is 5.89. The summed E-state index contributed by atoms with van der Waals surface area (Å²) in [6, 6.07) is 0.0748. The Hall–Kier alpha value is -0.870. The number of rotatable bonds is 6. The Labute approximate surface area is 85.0 Å². The number of aromatic nitrogens is 2. The van der Waals surface area contributed by atoms with Crippen molar-refractivity contribution in [3.05, 3.63) is 18.0 Å². The standard InChI is InChI=1S/C10H19N3O/c1-3-4-14-8-10(11)5-9-6-12-13(2)7-9/h6-7,10H,3-5,8,11H2,1-2H3. The molecule has 4 nitrogen and oxygen atoms in total. The van der Waals surface area contributed by atoms with Crippen LogP contribution in [-0.2, 0) is 18.2 Å². The molecule has 0 aliphatic carbocycles. The molecule has 4 heteroatoms. The lowest BCUT2D eigenvalue weighted by Gasteiger charge is -2.10. The molecule has 0 fully saturated rings. The van der Waals surface area contributed by atoms with Gasteiger partial charge in [-0.3, -0.25) is 4.68 Å². The first-order chi connectivity index (χ1) is 6.72. The second kappa shape index (κ2) is 5.78. The van der Waals surface area contributed by atoms with Gasteiger partial charge in [0, 0.05) is 25.9 Å². The predicted molar refractivity (Wildman–Crippen MR) is 56.0 cm³/mol. The molecule has 1 rings (SSSR count). The third kappa shape index (κ3) is 3.89. The zero-order valence-corrected chi connectivity index (χ0v) is 8.94. The Morgan fingerprint density at radius 1 is 1.64 bits per heavy atom. The van der Waals surface area contributed by atoms with Crippen molar-refractivity contribution in [2.45, 2.75) is 25.8 Å². The summed E-state index contributed by atoms with van der Waals surface area (Å²) in [5.41, 5.74) is 7.06. The molecule has 0 aliphatic heterocycles. The molecular formula is C10H19N3O. The van der Waals surface area contributed by atoms with Crippen molar-refractivity contribution >= 4 is 0 Å². The monoisotopic (exact) mass is 197 g/mol. The summed E-state index contributed by atoms with van der Waals surface area (Å²) in [7, 11) is 1.91. The Morgan fingerprint density at radius 2 is 2.43 bits per heavy atom. The van der Waals surface area contributed by atoms with Crippen LogP contribution in [0.2, 0.25) is 0 Å². The van der Waals surface area contributed by atoms with E-state index >= 15 is 0 Å². The van der Waals surface area contributed by atoms with Gasteiger partial charge in [0.15, 0.2) is 0 Å². The van der Waals surface area contributed by atoms with Crippen molar-refractivity contribution in [1.82, 2.24) is 9.78 Å². The van der Waals surface area contributed by atoms with Gasteiger partial charge in [0.2, 0.25) is 0 Å². The molecule has 0 bridgehead atoms. The van der Waals surface area contributed by atoms with E-state index in [0.717, 1.165) is 19.4 Å². The van der Waals surface area contributed by atoms with Crippen LogP contribution in [0.5, 0.6) is 0 Å². The van der Waals surface area contributed by atoms with Crippen molar-refractivity contribution in [1.29, 1.82) is 0 Å². The van der Waals surface area contributed by atoms with E-state index in [1.807, 2.05) is 19.4 Å². The first-order valence-corrected chi connectivity index (χ1v) is 5.03. The summed E-state index contributed by atoms with van der Waals surface area (Å²) in [4.78, 5) is 0. The maximum Gasteiger partial charge on any atom is 0.0620 e. The first-order valence-electron chi connectivity index (χ1n) is 5.03.